The lowest BCUT2D eigenvalue weighted by atomic mass is 10.1. The number of hydrogen-bond donors (Lipinski definition) is 1. The summed E-state index contributed by atoms with van der Waals surface area (Å²) in [7, 11) is 0. The Labute approximate surface area is 127 Å². The van der Waals surface area contributed by atoms with Crippen LogP contribution in [0.2, 0.25) is 5.02 Å². The number of halogens is 2. The van der Waals surface area contributed by atoms with E-state index >= 15 is 0 Å². The number of benzene rings is 2. The van der Waals surface area contributed by atoms with E-state index in [2.05, 4.69) is 4.98 Å². The number of anilines is 1. The molecule has 0 bridgehead atoms. The largest absolute Gasteiger partial charge is 0.398 e. The fourth-order valence-corrected chi connectivity index (χ4v) is 2.80. The second kappa shape index (κ2) is 5.04. The predicted octanol–water partition coefficient (Wildman–Crippen LogP) is 4.66. The number of nitrogen functional groups attached to an aromatic ring is 1. The van der Waals surface area contributed by atoms with Crippen molar-refractivity contribution in [2.45, 2.75) is 19.9 Å². The van der Waals surface area contributed by atoms with E-state index in [1.807, 2.05) is 36.6 Å². The molecule has 0 aliphatic rings. The van der Waals surface area contributed by atoms with Crippen molar-refractivity contribution in [1.82, 2.24) is 9.55 Å². The van der Waals surface area contributed by atoms with Gasteiger partial charge in [0, 0.05) is 17.3 Å². The van der Waals surface area contributed by atoms with Crippen LogP contribution in [0.25, 0.3) is 22.4 Å². The van der Waals surface area contributed by atoms with Crippen molar-refractivity contribution in [3.05, 3.63) is 47.2 Å². The minimum Gasteiger partial charge on any atom is -0.398 e. The minimum absolute atomic E-state index is 0.148. The van der Waals surface area contributed by atoms with Gasteiger partial charge in [-0.25, -0.2) is 9.37 Å². The van der Waals surface area contributed by atoms with E-state index in [0.717, 1.165) is 11.0 Å². The van der Waals surface area contributed by atoms with Gasteiger partial charge in [0.05, 0.1) is 16.1 Å². The third kappa shape index (κ3) is 2.25. The number of aromatic nitrogens is 2. The van der Waals surface area contributed by atoms with Gasteiger partial charge in [-0.3, -0.25) is 0 Å². The van der Waals surface area contributed by atoms with Gasteiger partial charge in [-0.1, -0.05) is 17.7 Å². The molecule has 0 unspecified atom stereocenters. The third-order valence-electron chi connectivity index (χ3n) is 3.43. The van der Waals surface area contributed by atoms with Crippen LogP contribution in [0.5, 0.6) is 0 Å². The summed E-state index contributed by atoms with van der Waals surface area (Å²) in [4.78, 5) is 4.63. The van der Waals surface area contributed by atoms with Gasteiger partial charge < -0.3 is 10.3 Å². The normalized spacial score (nSPS) is 11.5. The molecule has 2 aromatic carbocycles. The molecule has 3 rings (SSSR count). The third-order valence-corrected chi connectivity index (χ3v) is 3.74. The molecule has 3 aromatic rings. The summed E-state index contributed by atoms with van der Waals surface area (Å²) in [6, 6.07) is 10.1. The van der Waals surface area contributed by atoms with E-state index in [9.17, 15) is 4.39 Å². The highest BCUT2D eigenvalue weighted by Crippen LogP contribution is 2.34. The molecule has 108 valence electrons. The molecule has 0 fully saturated rings. The maximum absolute atomic E-state index is 13.3. The zero-order valence-electron chi connectivity index (χ0n) is 11.8. The maximum Gasteiger partial charge on any atom is 0.143 e. The quantitative estimate of drug-likeness (QED) is 0.700. The average Bonchev–Trinajstić information content (AvgIpc) is 2.79. The summed E-state index contributed by atoms with van der Waals surface area (Å²) in [5.41, 5.74) is 8.70. The smallest absolute Gasteiger partial charge is 0.143 e. The molecule has 0 aliphatic heterocycles. The van der Waals surface area contributed by atoms with Gasteiger partial charge in [0.2, 0.25) is 0 Å². The van der Waals surface area contributed by atoms with Gasteiger partial charge in [-0.2, -0.15) is 0 Å². The van der Waals surface area contributed by atoms with Crippen molar-refractivity contribution < 1.29 is 4.39 Å². The number of rotatable bonds is 2. The van der Waals surface area contributed by atoms with Crippen molar-refractivity contribution >= 4 is 28.3 Å². The Morgan fingerprint density at radius 1 is 1.24 bits per heavy atom. The number of imidazole rings is 1. The molecular formula is C16H15ClFN3. The summed E-state index contributed by atoms with van der Waals surface area (Å²) in [6.45, 7) is 4.10. The van der Waals surface area contributed by atoms with E-state index < -0.39 is 0 Å². The van der Waals surface area contributed by atoms with Crippen molar-refractivity contribution in [3.8, 4) is 11.4 Å². The summed E-state index contributed by atoms with van der Waals surface area (Å²) in [5.74, 6) is 0.340. The highest BCUT2D eigenvalue weighted by molar-refractivity contribution is 6.35. The van der Waals surface area contributed by atoms with Crippen LogP contribution in [0, 0.1) is 5.82 Å². The Morgan fingerprint density at radius 2 is 2.00 bits per heavy atom. The molecule has 0 saturated carbocycles. The number of hydrogen-bond acceptors (Lipinski definition) is 2. The topological polar surface area (TPSA) is 43.8 Å². The fraction of sp³-hybridized carbons (Fsp3) is 0.188. The maximum atomic E-state index is 13.3. The van der Waals surface area contributed by atoms with E-state index in [4.69, 9.17) is 17.3 Å². The van der Waals surface area contributed by atoms with E-state index in [-0.39, 0.29) is 11.9 Å². The number of nitrogens with two attached hydrogens (primary N) is 1. The van der Waals surface area contributed by atoms with Crippen molar-refractivity contribution in [1.29, 1.82) is 0 Å². The zero-order valence-corrected chi connectivity index (χ0v) is 12.5. The Bertz CT molecular complexity index is 824. The molecule has 1 aromatic heterocycles. The van der Waals surface area contributed by atoms with Gasteiger partial charge in [-0.15, -0.1) is 0 Å². The van der Waals surface area contributed by atoms with E-state index in [1.54, 1.807) is 6.07 Å². The van der Waals surface area contributed by atoms with Crippen molar-refractivity contribution in [2.75, 3.05) is 5.73 Å². The lowest BCUT2D eigenvalue weighted by Crippen LogP contribution is -2.05. The highest BCUT2D eigenvalue weighted by Gasteiger charge is 2.18. The molecule has 3 nitrogen and oxygen atoms in total. The van der Waals surface area contributed by atoms with Crippen LogP contribution < -0.4 is 5.73 Å². The first-order chi connectivity index (χ1) is 9.99. The Kier molecular flexibility index (Phi) is 3.33. The first-order valence-corrected chi connectivity index (χ1v) is 7.08. The van der Waals surface area contributed by atoms with Gasteiger partial charge in [0.25, 0.3) is 0 Å². The molecule has 5 heteroatoms. The molecule has 2 N–H and O–H groups in total. The summed E-state index contributed by atoms with van der Waals surface area (Å²) in [5, 5.41) is 0.639. The van der Waals surface area contributed by atoms with Gasteiger partial charge in [0.15, 0.2) is 0 Å². The fourth-order valence-electron chi connectivity index (χ4n) is 2.54. The number of para-hydroxylation sites is 1. The standard InChI is InChI=1S/C16H15ClFN3/c1-9(2)21-15-12(17)4-3-5-14(15)20-16(21)11-7-6-10(18)8-13(11)19/h3-9H,19H2,1-2H3. The summed E-state index contributed by atoms with van der Waals surface area (Å²) < 4.78 is 15.3. The first kappa shape index (κ1) is 13.9. The molecule has 0 amide bonds. The second-order valence-electron chi connectivity index (χ2n) is 5.24. The molecule has 0 aliphatic carbocycles. The zero-order chi connectivity index (χ0) is 15.1. The van der Waals surface area contributed by atoms with Crippen LogP contribution >= 0.6 is 11.6 Å². The van der Waals surface area contributed by atoms with Crippen LogP contribution in [0.1, 0.15) is 19.9 Å². The number of fused-ring (bicyclic) bond motifs is 1. The predicted molar refractivity (Wildman–Crippen MR) is 84.9 cm³/mol. The lowest BCUT2D eigenvalue weighted by molar-refractivity contribution is 0.622. The molecule has 0 radical (unpaired) electrons. The van der Waals surface area contributed by atoms with Crippen molar-refractivity contribution in [3.63, 3.8) is 0 Å². The van der Waals surface area contributed by atoms with Gasteiger partial charge in [0.1, 0.15) is 11.6 Å². The summed E-state index contributed by atoms with van der Waals surface area (Å²) >= 11 is 6.32. The van der Waals surface area contributed by atoms with E-state index in [1.165, 1.54) is 12.1 Å². The van der Waals surface area contributed by atoms with Gasteiger partial charge in [-0.05, 0) is 44.2 Å². The molecule has 21 heavy (non-hydrogen) atoms. The average molecular weight is 304 g/mol. The lowest BCUT2D eigenvalue weighted by Gasteiger charge is -2.15. The van der Waals surface area contributed by atoms with Crippen LogP contribution in [0.3, 0.4) is 0 Å². The van der Waals surface area contributed by atoms with Crippen LogP contribution in [-0.4, -0.2) is 9.55 Å². The van der Waals surface area contributed by atoms with E-state index in [0.29, 0.717) is 22.1 Å². The SMILES string of the molecule is CC(C)n1c(-c2ccc(F)cc2N)nc2cccc(Cl)c21. The summed E-state index contributed by atoms with van der Waals surface area (Å²) in [6.07, 6.45) is 0. The Hall–Kier alpha value is -2.07. The minimum atomic E-state index is -0.360. The highest BCUT2D eigenvalue weighted by atomic mass is 35.5. The van der Waals surface area contributed by atoms with Gasteiger partial charge >= 0.3 is 0 Å². The Morgan fingerprint density at radius 3 is 2.67 bits per heavy atom. The molecule has 0 saturated heterocycles. The Balaban J connectivity index is 2.37. The van der Waals surface area contributed by atoms with Crippen molar-refractivity contribution in [2.24, 2.45) is 0 Å². The second-order valence-corrected chi connectivity index (χ2v) is 5.65. The van der Waals surface area contributed by atoms with Crippen LogP contribution in [0.15, 0.2) is 36.4 Å². The van der Waals surface area contributed by atoms with Crippen LogP contribution in [0.4, 0.5) is 10.1 Å². The molecule has 1 heterocycles. The molecule has 0 atom stereocenters. The first-order valence-electron chi connectivity index (χ1n) is 6.71. The monoisotopic (exact) mass is 303 g/mol. The molecular weight excluding hydrogens is 289 g/mol. The van der Waals surface area contributed by atoms with Crippen LogP contribution in [-0.2, 0) is 0 Å². The number of nitrogens with zero attached hydrogens (tertiary/aromatic N) is 2. The molecule has 0 spiro atoms.